The van der Waals surface area contributed by atoms with Gasteiger partial charge < -0.3 is 10.6 Å². The lowest BCUT2D eigenvalue weighted by atomic mass is 10.2. The molecule has 0 bridgehead atoms. The molecule has 7 heteroatoms. The second-order valence-electron chi connectivity index (χ2n) is 6.30. The van der Waals surface area contributed by atoms with Gasteiger partial charge in [0.1, 0.15) is 0 Å². The summed E-state index contributed by atoms with van der Waals surface area (Å²) in [7, 11) is -3.58. The van der Waals surface area contributed by atoms with E-state index in [-0.39, 0.29) is 22.9 Å². The van der Waals surface area contributed by atoms with Crippen LogP contribution in [0.4, 0.5) is 0 Å². The van der Waals surface area contributed by atoms with E-state index in [0.717, 1.165) is 32.2 Å². The Hall–Kier alpha value is -1.44. The number of carbonyl (C=O) groups is 1. The zero-order valence-corrected chi connectivity index (χ0v) is 15.2. The molecule has 1 aromatic carbocycles. The molecule has 1 aromatic rings. The van der Waals surface area contributed by atoms with Crippen LogP contribution in [-0.4, -0.2) is 39.5 Å². The van der Waals surface area contributed by atoms with Gasteiger partial charge in [-0.1, -0.05) is 25.8 Å². The Bertz CT molecular complexity index is 655. The number of rotatable bonds is 8. The van der Waals surface area contributed by atoms with Gasteiger partial charge in [0.05, 0.1) is 4.90 Å². The van der Waals surface area contributed by atoms with E-state index >= 15 is 0 Å². The number of benzene rings is 1. The Labute approximate surface area is 144 Å². The molecular weight excluding hydrogens is 326 g/mol. The third kappa shape index (κ3) is 5.29. The number of nitrogens with one attached hydrogen (secondary N) is 3. The molecule has 1 amide bonds. The Morgan fingerprint density at radius 2 is 2.00 bits per heavy atom. The molecule has 2 rings (SSSR count). The van der Waals surface area contributed by atoms with E-state index in [1.54, 1.807) is 12.1 Å². The first-order valence-corrected chi connectivity index (χ1v) is 10.0. The van der Waals surface area contributed by atoms with Gasteiger partial charge in [-0.3, -0.25) is 4.79 Å². The van der Waals surface area contributed by atoms with Gasteiger partial charge in [0, 0.05) is 24.2 Å². The first-order chi connectivity index (χ1) is 11.4. The summed E-state index contributed by atoms with van der Waals surface area (Å²) in [5.41, 5.74) is 0.355. The molecule has 24 heavy (non-hydrogen) atoms. The van der Waals surface area contributed by atoms with E-state index in [4.69, 9.17) is 0 Å². The van der Waals surface area contributed by atoms with Crippen molar-refractivity contribution in [2.75, 3.05) is 13.1 Å². The molecule has 1 fully saturated rings. The first kappa shape index (κ1) is 18.9. The lowest BCUT2D eigenvalue weighted by Crippen LogP contribution is -2.38. The Balaban J connectivity index is 2.03. The lowest BCUT2D eigenvalue weighted by Gasteiger charge is -2.14. The Morgan fingerprint density at radius 1 is 1.29 bits per heavy atom. The molecule has 0 aliphatic heterocycles. The normalized spacial score (nSPS) is 16.9. The summed E-state index contributed by atoms with van der Waals surface area (Å²) >= 11 is 0. The van der Waals surface area contributed by atoms with E-state index in [9.17, 15) is 13.2 Å². The SMILES string of the molecule is CCN[C@H](C)CNC(=O)c1cccc(S(=O)(=O)NC2CCCC2)c1. The molecule has 0 aromatic heterocycles. The summed E-state index contributed by atoms with van der Waals surface area (Å²) in [5, 5.41) is 6.03. The third-order valence-corrected chi connectivity index (χ3v) is 5.72. The van der Waals surface area contributed by atoms with Crippen LogP contribution in [0.15, 0.2) is 29.2 Å². The Morgan fingerprint density at radius 3 is 2.67 bits per heavy atom. The smallest absolute Gasteiger partial charge is 0.251 e. The standard InChI is InChI=1S/C17H27N3O3S/c1-3-18-13(2)12-19-17(21)14-7-6-10-16(11-14)24(22,23)20-15-8-4-5-9-15/h6-7,10-11,13,15,18,20H,3-5,8-9,12H2,1-2H3,(H,19,21)/t13-/m1/s1. The molecule has 0 radical (unpaired) electrons. The minimum Gasteiger partial charge on any atom is -0.350 e. The van der Waals surface area contributed by atoms with Crippen molar-refractivity contribution in [3.05, 3.63) is 29.8 Å². The fourth-order valence-corrected chi connectivity index (χ4v) is 4.25. The predicted molar refractivity (Wildman–Crippen MR) is 94.5 cm³/mol. The predicted octanol–water partition coefficient (Wildman–Crippen LogP) is 1.64. The summed E-state index contributed by atoms with van der Waals surface area (Å²) < 4.78 is 27.7. The summed E-state index contributed by atoms with van der Waals surface area (Å²) in [6.45, 7) is 5.31. The Kier molecular flexibility index (Phi) is 6.77. The average Bonchev–Trinajstić information content (AvgIpc) is 3.05. The third-order valence-electron chi connectivity index (χ3n) is 4.20. The van der Waals surface area contributed by atoms with Crippen LogP contribution < -0.4 is 15.4 Å². The van der Waals surface area contributed by atoms with Crippen molar-refractivity contribution in [2.24, 2.45) is 0 Å². The van der Waals surface area contributed by atoms with Gasteiger partial charge in [-0.15, -0.1) is 0 Å². The van der Waals surface area contributed by atoms with Crippen molar-refractivity contribution in [1.29, 1.82) is 0 Å². The quantitative estimate of drug-likeness (QED) is 0.663. The molecule has 1 aliphatic carbocycles. The molecule has 0 heterocycles. The molecule has 0 unspecified atom stereocenters. The van der Waals surface area contributed by atoms with Gasteiger partial charge in [0.25, 0.3) is 5.91 Å². The fourth-order valence-electron chi connectivity index (χ4n) is 2.90. The van der Waals surface area contributed by atoms with Crippen LogP contribution in [0.5, 0.6) is 0 Å². The van der Waals surface area contributed by atoms with Crippen molar-refractivity contribution < 1.29 is 13.2 Å². The number of hydrogen-bond acceptors (Lipinski definition) is 4. The highest BCUT2D eigenvalue weighted by atomic mass is 32.2. The maximum Gasteiger partial charge on any atom is 0.251 e. The monoisotopic (exact) mass is 353 g/mol. The number of likely N-dealkylation sites (N-methyl/N-ethyl adjacent to an activating group) is 1. The highest BCUT2D eigenvalue weighted by Crippen LogP contribution is 2.20. The van der Waals surface area contributed by atoms with Crippen molar-refractivity contribution in [3.63, 3.8) is 0 Å². The first-order valence-electron chi connectivity index (χ1n) is 8.56. The molecule has 6 nitrogen and oxygen atoms in total. The van der Waals surface area contributed by atoms with Gasteiger partial charge in [0.2, 0.25) is 10.0 Å². The molecule has 0 spiro atoms. The minimum absolute atomic E-state index is 0.00782. The van der Waals surface area contributed by atoms with Crippen LogP contribution in [0.3, 0.4) is 0 Å². The number of hydrogen-bond donors (Lipinski definition) is 3. The van der Waals surface area contributed by atoms with Crippen molar-refractivity contribution >= 4 is 15.9 Å². The molecular formula is C17H27N3O3S. The summed E-state index contributed by atoms with van der Waals surface area (Å²) in [4.78, 5) is 12.4. The van der Waals surface area contributed by atoms with Crippen LogP contribution in [0.1, 0.15) is 49.9 Å². The van der Waals surface area contributed by atoms with Crippen LogP contribution >= 0.6 is 0 Å². The molecule has 1 atom stereocenters. The molecule has 0 saturated heterocycles. The zero-order chi connectivity index (χ0) is 17.6. The second-order valence-corrected chi connectivity index (χ2v) is 8.01. The van der Waals surface area contributed by atoms with Crippen LogP contribution in [0, 0.1) is 0 Å². The maximum atomic E-state index is 12.5. The highest BCUT2D eigenvalue weighted by molar-refractivity contribution is 7.89. The molecule has 3 N–H and O–H groups in total. The highest BCUT2D eigenvalue weighted by Gasteiger charge is 2.23. The van der Waals surface area contributed by atoms with Gasteiger partial charge in [-0.2, -0.15) is 0 Å². The largest absolute Gasteiger partial charge is 0.350 e. The molecule has 1 aliphatic rings. The van der Waals surface area contributed by atoms with E-state index in [2.05, 4.69) is 15.4 Å². The summed E-state index contributed by atoms with van der Waals surface area (Å²) in [5.74, 6) is -0.266. The molecule has 1 saturated carbocycles. The fraction of sp³-hybridized carbons (Fsp3) is 0.588. The zero-order valence-electron chi connectivity index (χ0n) is 14.3. The summed E-state index contributed by atoms with van der Waals surface area (Å²) in [6.07, 6.45) is 3.86. The van der Waals surface area contributed by atoms with Crippen molar-refractivity contribution in [1.82, 2.24) is 15.4 Å². The topological polar surface area (TPSA) is 87.3 Å². The van der Waals surface area contributed by atoms with E-state index in [1.807, 2.05) is 13.8 Å². The van der Waals surface area contributed by atoms with Gasteiger partial charge in [-0.05, 0) is 44.5 Å². The molecule has 134 valence electrons. The van der Waals surface area contributed by atoms with Crippen molar-refractivity contribution in [3.8, 4) is 0 Å². The number of sulfonamides is 1. The minimum atomic E-state index is -3.58. The van der Waals surface area contributed by atoms with Crippen LogP contribution in [-0.2, 0) is 10.0 Å². The van der Waals surface area contributed by atoms with Gasteiger partial charge in [0.15, 0.2) is 0 Å². The van der Waals surface area contributed by atoms with E-state index in [1.165, 1.54) is 12.1 Å². The van der Waals surface area contributed by atoms with Gasteiger partial charge in [-0.25, -0.2) is 13.1 Å². The maximum absolute atomic E-state index is 12.5. The van der Waals surface area contributed by atoms with Gasteiger partial charge >= 0.3 is 0 Å². The van der Waals surface area contributed by atoms with Crippen LogP contribution in [0.25, 0.3) is 0 Å². The second kappa shape index (κ2) is 8.60. The summed E-state index contributed by atoms with van der Waals surface area (Å²) in [6, 6.07) is 6.36. The average molecular weight is 353 g/mol. The van der Waals surface area contributed by atoms with E-state index in [0.29, 0.717) is 12.1 Å². The van der Waals surface area contributed by atoms with Crippen LogP contribution in [0.2, 0.25) is 0 Å². The van der Waals surface area contributed by atoms with Crippen molar-refractivity contribution in [2.45, 2.75) is 56.5 Å². The van der Waals surface area contributed by atoms with E-state index < -0.39 is 10.0 Å². The lowest BCUT2D eigenvalue weighted by molar-refractivity contribution is 0.0950. The number of carbonyl (C=O) groups excluding carboxylic acids is 1. The number of amides is 1.